The highest BCUT2D eigenvalue weighted by molar-refractivity contribution is 7.91. The minimum atomic E-state index is -4.41. The summed E-state index contributed by atoms with van der Waals surface area (Å²) in [6.45, 7) is 0. The summed E-state index contributed by atoms with van der Waals surface area (Å²) < 4.78 is 80.1. The lowest BCUT2D eigenvalue weighted by Gasteiger charge is -2.11. The first-order valence-corrected chi connectivity index (χ1v) is 9.80. The normalized spacial score (nSPS) is 11.7. The van der Waals surface area contributed by atoms with Gasteiger partial charge < -0.3 is 0 Å². The van der Waals surface area contributed by atoms with Gasteiger partial charge in [-0.1, -0.05) is 12.1 Å². The molecule has 0 aliphatic rings. The van der Waals surface area contributed by atoms with E-state index >= 15 is 0 Å². The standard InChI is InChI=1S/C21H11F4NO2S/c22-13-3-1-12(2-4-13)19-11-21(26-20-10-14(23)5-6-18(19)20)29(27,28)17-8-15(24)7-16(25)9-17/h1-11H. The van der Waals surface area contributed by atoms with Gasteiger partial charge in [0.2, 0.25) is 9.84 Å². The molecule has 1 heterocycles. The lowest BCUT2D eigenvalue weighted by atomic mass is 10.0. The van der Waals surface area contributed by atoms with E-state index in [2.05, 4.69) is 4.98 Å². The largest absolute Gasteiger partial charge is 0.236 e. The third-order valence-electron chi connectivity index (χ3n) is 4.33. The fraction of sp³-hybridized carbons (Fsp3) is 0. The number of pyridine rings is 1. The summed E-state index contributed by atoms with van der Waals surface area (Å²) in [5.41, 5.74) is 0.847. The molecule has 0 atom stereocenters. The van der Waals surface area contributed by atoms with Crippen LogP contribution in [0, 0.1) is 23.3 Å². The van der Waals surface area contributed by atoms with E-state index in [4.69, 9.17) is 0 Å². The monoisotopic (exact) mass is 417 g/mol. The number of hydrogen-bond acceptors (Lipinski definition) is 3. The Hall–Kier alpha value is -3.26. The fourth-order valence-corrected chi connectivity index (χ4v) is 4.26. The second-order valence-electron chi connectivity index (χ2n) is 6.29. The van der Waals surface area contributed by atoms with E-state index in [0.717, 1.165) is 6.07 Å². The molecular weight excluding hydrogens is 406 g/mol. The first-order valence-electron chi connectivity index (χ1n) is 8.31. The quantitative estimate of drug-likeness (QED) is 0.426. The van der Waals surface area contributed by atoms with Gasteiger partial charge in [0.05, 0.1) is 10.4 Å². The average Bonchev–Trinajstić information content (AvgIpc) is 2.66. The first-order chi connectivity index (χ1) is 13.7. The molecule has 0 saturated heterocycles. The fourth-order valence-electron chi connectivity index (χ4n) is 2.99. The van der Waals surface area contributed by atoms with Crippen molar-refractivity contribution in [1.82, 2.24) is 4.98 Å². The maximum atomic E-state index is 13.7. The molecule has 0 N–H and O–H groups in total. The van der Waals surface area contributed by atoms with Crippen LogP contribution in [0.4, 0.5) is 17.6 Å². The van der Waals surface area contributed by atoms with E-state index < -0.39 is 43.0 Å². The van der Waals surface area contributed by atoms with Crippen LogP contribution >= 0.6 is 0 Å². The summed E-state index contributed by atoms with van der Waals surface area (Å²) in [4.78, 5) is 3.38. The maximum absolute atomic E-state index is 13.7. The second-order valence-corrected chi connectivity index (χ2v) is 8.18. The topological polar surface area (TPSA) is 47.0 Å². The molecule has 0 aliphatic heterocycles. The van der Waals surface area contributed by atoms with Crippen molar-refractivity contribution in [2.75, 3.05) is 0 Å². The van der Waals surface area contributed by atoms with Crippen LogP contribution in [-0.4, -0.2) is 13.4 Å². The molecule has 4 aromatic rings. The van der Waals surface area contributed by atoms with Gasteiger partial charge in [-0.15, -0.1) is 0 Å². The molecule has 0 spiro atoms. The van der Waals surface area contributed by atoms with Crippen LogP contribution in [0.1, 0.15) is 0 Å². The maximum Gasteiger partial charge on any atom is 0.224 e. The Kier molecular flexibility index (Phi) is 4.58. The Morgan fingerprint density at radius 2 is 1.28 bits per heavy atom. The predicted octanol–water partition coefficient (Wildman–Crippen LogP) is 5.29. The predicted molar refractivity (Wildman–Crippen MR) is 98.9 cm³/mol. The van der Waals surface area contributed by atoms with Gasteiger partial charge in [0.15, 0.2) is 5.03 Å². The summed E-state index contributed by atoms with van der Waals surface area (Å²) in [5, 5.41) is -0.0812. The Morgan fingerprint density at radius 3 is 1.93 bits per heavy atom. The molecule has 0 amide bonds. The van der Waals surface area contributed by atoms with Crippen molar-refractivity contribution in [3.8, 4) is 11.1 Å². The highest BCUT2D eigenvalue weighted by Crippen LogP contribution is 2.32. The van der Waals surface area contributed by atoms with Gasteiger partial charge >= 0.3 is 0 Å². The van der Waals surface area contributed by atoms with Gasteiger partial charge in [0, 0.05) is 17.5 Å². The summed E-state index contributed by atoms with van der Waals surface area (Å²) in [5.74, 6) is -3.24. The average molecular weight is 417 g/mol. The summed E-state index contributed by atoms with van der Waals surface area (Å²) in [6, 6.07) is 12.0. The van der Waals surface area contributed by atoms with E-state index in [1.54, 1.807) is 0 Å². The van der Waals surface area contributed by atoms with Crippen LogP contribution in [0.2, 0.25) is 0 Å². The van der Waals surface area contributed by atoms with E-state index in [0.29, 0.717) is 34.7 Å². The van der Waals surface area contributed by atoms with Crippen LogP contribution in [0.3, 0.4) is 0 Å². The third kappa shape index (κ3) is 3.58. The van der Waals surface area contributed by atoms with Gasteiger partial charge in [-0.3, -0.25) is 0 Å². The third-order valence-corrected chi connectivity index (χ3v) is 5.94. The molecule has 0 unspecified atom stereocenters. The van der Waals surface area contributed by atoms with Gasteiger partial charge in [-0.05, 0) is 53.6 Å². The summed E-state index contributed by atoms with van der Waals surface area (Å²) in [7, 11) is -4.41. The van der Waals surface area contributed by atoms with Crippen molar-refractivity contribution in [3.63, 3.8) is 0 Å². The molecule has 1 aromatic heterocycles. The highest BCUT2D eigenvalue weighted by Gasteiger charge is 2.23. The van der Waals surface area contributed by atoms with Crippen molar-refractivity contribution in [3.05, 3.63) is 90.0 Å². The van der Waals surface area contributed by atoms with E-state index in [-0.39, 0.29) is 5.52 Å². The number of sulfone groups is 1. The Labute approximate surface area is 163 Å². The van der Waals surface area contributed by atoms with Crippen LogP contribution in [0.5, 0.6) is 0 Å². The first kappa shape index (κ1) is 19.1. The minimum absolute atomic E-state index is 0.0299. The molecule has 0 aliphatic carbocycles. The lowest BCUT2D eigenvalue weighted by molar-refractivity contribution is 0.566. The zero-order valence-corrected chi connectivity index (χ0v) is 15.4. The molecule has 3 nitrogen and oxygen atoms in total. The molecule has 8 heteroatoms. The Bertz CT molecular complexity index is 1330. The van der Waals surface area contributed by atoms with E-state index in [9.17, 15) is 26.0 Å². The smallest absolute Gasteiger partial charge is 0.224 e. The van der Waals surface area contributed by atoms with Crippen LogP contribution in [0.15, 0.2) is 76.7 Å². The molecule has 3 aromatic carbocycles. The van der Waals surface area contributed by atoms with Crippen molar-refractivity contribution in [1.29, 1.82) is 0 Å². The van der Waals surface area contributed by atoms with Gasteiger partial charge in [0.1, 0.15) is 23.3 Å². The number of aromatic nitrogens is 1. The molecule has 4 rings (SSSR count). The van der Waals surface area contributed by atoms with Crippen molar-refractivity contribution < 1.29 is 26.0 Å². The number of nitrogens with zero attached hydrogens (tertiary/aromatic N) is 1. The minimum Gasteiger partial charge on any atom is -0.236 e. The molecule has 0 bridgehead atoms. The van der Waals surface area contributed by atoms with Crippen molar-refractivity contribution in [2.24, 2.45) is 0 Å². The Morgan fingerprint density at radius 1 is 0.655 bits per heavy atom. The summed E-state index contributed by atoms with van der Waals surface area (Å²) in [6.07, 6.45) is 0. The molecular formula is C21H11F4NO2S. The van der Waals surface area contributed by atoms with E-state index in [1.165, 1.54) is 42.5 Å². The zero-order chi connectivity index (χ0) is 20.8. The molecule has 146 valence electrons. The SMILES string of the molecule is O=S(=O)(c1cc(F)cc(F)c1)c1cc(-c2ccc(F)cc2)c2ccc(F)cc2n1. The summed E-state index contributed by atoms with van der Waals surface area (Å²) >= 11 is 0. The molecule has 0 radical (unpaired) electrons. The zero-order valence-electron chi connectivity index (χ0n) is 14.5. The number of rotatable bonds is 3. The van der Waals surface area contributed by atoms with Gasteiger partial charge in [-0.25, -0.2) is 31.0 Å². The number of benzene rings is 3. The van der Waals surface area contributed by atoms with Crippen LogP contribution in [0.25, 0.3) is 22.0 Å². The van der Waals surface area contributed by atoms with Crippen molar-refractivity contribution in [2.45, 2.75) is 9.92 Å². The lowest BCUT2D eigenvalue weighted by Crippen LogP contribution is -2.06. The van der Waals surface area contributed by atoms with E-state index in [1.807, 2.05) is 0 Å². The van der Waals surface area contributed by atoms with Gasteiger partial charge in [0.25, 0.3) is 0 Å². The highest BCUT2D eigenvalue weighted by atomic mass is 32.2. The second kappa shape index (κ2) is 6.97. The molecule has 0 fully saturated rings. The van der Waals surface area contributed by atoms with Crippen LogP contribution < -0.4 is 0 Å². The number of fused-ring (bicyclic) bond motifs is 1. The van der Waals surface area contributed by atoms with Crippen molar-refractivity contribution >= 4 is 20.7 Å². The number of hydrogen-bond donors (Lipinski definition) is 0. The number of halogens is 4. The van der Waals surface area contributed by atoms with Crippen LogP contribution in [-0.2, 0) is 9.84 Å². The van der Waals surface area contributed by atoms with Gasteiger partial charge in [-0.2, -0.15) is 0 Å². The molecule has 0 saturated carbocycles. The Balaban J connectivity index is 2.01. The molecule has 29 heavy (non-hydrogen) atoms.